The Hall–Kier alpha value is -0.803. The molecule has 1 aromatic rings. The van der Waals surface area contributed by atoms with Gasteiger partial charge in [0.15, 0.2) is 8.32 Å². The van der Waals surface area contributed by atoms with E-state index in [1.54, 1.807) is 7.11 Å². The van der Waals surface area contributed by atoms with Crippen molar-refractivity contribution in [1.82, 2.24) is 0 Å². The first-order valence-electron chi connectivity index (χ1n) is 15.5. The molecule has 0 amide bonds. The van der Waals surface area contributed by atoms with Gasteiger partial charge in [-0.05, 0) is 40.9 Å². The Labute approximate surface area is 247 Å². The predicted molar refractivity (Wildman–Crippen MR) is 168 cm³/mol. The molecule has 0 radical (unpaired) electrons. The zero-order valence-corrected chi connectivity index (χ0v) is 28.4. The second-order valence-corrected chi connectivity index (χ2v) is 18.6. The van der Waals surface area contributed by atoms with Crippen molar-refractivity contribution >= 4 is 8.32 Å². The summed E-state index contributed by atoms with van der Waals surface area (Å²) in [5, 5.41) is 22.4. The Kier molecular flexibility index (Phi) is 17.4. The summed E-state index contributed by atoms with van der Waals surface area (Å²) < 4.78 is 23.8. The molecule has 1 rings (SSSR count). The van der Waals surface area contributed by atoms with Crippen molar-refractivity contribution < 1.29 is 28.8 Å². The quantitative estimate of drug-likeness (QED) is 0.0892. The molecule has 6 nitrogen and oxygen atoms in total. The molecule has 2 N–H and O–H groups in total. The molecule has 0 fully saturated rings. The van der Waals surface area contributed by atoms with Gasteiger partial charge in [0.25, 0.3) is 0 Å². The van der Waals surface area contributed by atoms with Gasteiger partial charge in [0.05, 0.1) is 31.5 Å². The molecule has 0 heterocycles. The third-order valence-corrected chi connectivity index (χ3v) is 15.0. The third-order valence-electron chi connectivity index (χ3n) is 8.95. The Morgan fingerprint density at radius 2 is 1.30 bits per heavy atom. The van der Waals surface area contributed by atoms with Gasteiger partial charge in [-0.15, -0.1) is 0 Å². The van der Waals surface area contributed by atoms with Crippen molar-refractivity contribution in [3.63, 3.8) is 0 Å². The van der Waals surface area contributed by atoms with Crippen LogP contribution >= 0.6 is 0 Å². The number of aliphatic hydroxyl groups is 2. The van der Waals surface area contributed by atoms with Gasteiger partial charge in [-0.3, -0.25) is 0 Å². The maximum Gasteiger partial charge on any atom is 0.200 e. The van der Waals surface area contributed by atoms with E-state index in [-0.39, 0.29) is 36.6 Å². The van der Waals surface area contributed by atoms with Gasteiger partial charge in [0.1, 0.15) is 6.79 Å². The number of benzene rings is 1. The van der Waals surface area contributed by atoms with Crippen LogP contribution in [-0.4, -0.2) is 64.0 Å². The van der Waals surface area contributed by atoms with Crippen LogP contribution in [0.25, 0.3) is 0 Å². The summed E-state index contributed by atoms with van der Waals surface area (Å²) in [7, 11) is -0.353. The minimum Gasteiger partial charge on any atom is -0.416 e. The SMILES string of the molecule is COCOC[C@H](C)[C@H](OCc1ccccc1)[C@H](C)[C@@H](O)[C@@H](C)CC[C@@H](O)[C@H](C)CO[Si](C(C)C)(C(C)C)C(C)C. The average Bonchev–Trinajstić information content (AvgIpc) is 2.91. The molecule has 7 heteroatoms. The van der Waals surface area contributed by atoms with Crippen LogP contribution in [0.3, 0.4) is 0 Å². The normalized spacial score (nSPS) is 18.1. The number of aliphatic hydroxyl groups excluding tert-OH is 2. The molecule has 0 spiro atoms. The first-order chi connectivity index (χ1) is 18.8. The lowest BCUT2D eigenvalue weighted by atomic mass is 9.82. The van der Waals surface area contributed by atoms with E-state index in [0.29, 0.717) is 42.9 Å². The number of rotatable bonds is 21. The van der Waals surface area contributed by atoms with Crippen LogP contribution in [0.2, 0.25) is 16.6 Å². The molecule has 0 bridgehead atoms. The fourth-order valence-electron chi connectivity index (χ4n) is 6.50. The smallest absolute Gasteiger partial charge is 0.200 e. The van der Waals surface area contributed by atoms with Crippen LogP contribution < -0.4 is 0 Å². The van der Waals surface area contributed by atoms with E-state index in [1.165, 1.54) is 0 Å². The van der Waals surface area contributed by atoms with Crippen molar-refractivity contribution in [3.05, 3.63) is 35.9 Å². The number of ether oxygens (including phenoxy) is 3. The van der Waals surface area contributed by atoms with Crippen LogP contribution in [0.4, 0.5) is 0 Å². The summed E-state index contributed by atoms with van der Waals surface area (Å²) >= 11 is 0. The van der Waals surface area contributed by atoms with Gasteiger partial charge in [-0.2, -0.15) is 0 Å². The first kappa shape index (κ1) is 37.2. The predicted octanol–water partition coefficient (Wildman–Crippen LogP) is 7.43. The highest BCUT2D eigenvalue weighted by Crippen LogP contribution is 2.42. The Morgan fingerprint density at radius 1 is 0.725 bits per heavy atom. The van der Waals surface area contributed by atoms with Crippen LogP contribution in [0.5, 0.6) is 0 Å². The fourth-order valence-corrected chi connectivity index (χ4v) is 12.1. The van der Waals surface area contributed by atoms with Gasteiger partial charge < -0.3 is 28.8 Å². The molecule has 0 aliphatic heterocycles. The molecule has 1 aromatic carbocycles. The Bertz CT molecular complexity index is 752. The fraction of sp³-hybridized carbons (Fsp3) is 0.818. The lowest BCUT2D eigenvalue weighted by Crippen LogP contribution is -2.49. The largest absolute Gasteiger partial charge is 0.416 e. The van der Waals surface area contributed by atoms with E-state index >= 15 is 0 Å². The van der Waals surface area contributed by atoms with Crippen LogP contribution in [0, 0.1) is 23.7 Å². The van der Waals surface area contributed by atoms with Crippen LogP contribution in [0.15, 0.2) is 30.3 Å². The lowest BCUT2D eigenvalue weighted by Gasteiger charge is -2.43. The summed E-state index contributed by atoms with van der Waals surface area (Å²) in [4.78, 5) is 0. The molecule has 0 aliphatic carbocycles. The number of hydrogen-bond acceptors (Lipinski definition) is 6. The average molecular weight is 583 g/mol. The minimum absolute atomic E-state index is 0.0168. The zero-order chi connectivity index (χ0) is 30.5. The van der Waals surface area contributed by atoms with Crippen molar-refractivity contribution in [3.8, 4) is 0 Å². The highest BCUT2D eigenvalue weighted by atomic mass is 28.4. The maximum atomic E-state index is 11.4. The molecule has 0 saturated carbocycles. The van der Waals surface area contributed by atoms with Gasteiger partial charge in [0.2, 0.25) is 0 Å². The molecule has 0 aliphatic rings. The summed E-state index contributed by atoms with van der Waals surface area (Å²) in [6.45, 7) is 23.9. The Morgan fingerprint density at radius 3 is 1.82 bits per heavy atom. The molecule has 0 aromatic heterocycles. The van der Waals surface area contributed by atoms with Gasteiger partial charge >= 0.3 is 0 Å². The molecule has 234 valence electrons. The second-order valence-electron chi connectivity index (χ2n) is 13.1. The highest BCUT2D eigenvalue weighted by molar-refractivity contribution is 6.77. The van der Waals surface area contributed by atoms with Gasteiger partial charge in [-0.25, -0.2) is 0 Å². The van der Waals surface area contributed by atoms with E-state index < -0.39 is 20.5 Å². The summed E-state index contributed by atoms with van der Waals surface area (Å²) in [6.07, 6.45) is 0.157. The summed E-state index contributed by atoms with van der Waals surface area (Å²) in [5.74, 6) is 0.0335. The van der Waals surface area contributed by atoms with E-state index in [2.05, 4.69) is 81.4 Å². The van der Waals surface area contributed by atoms with E-state index in [9.17, 15) is 10.2 Å². The molecule has 0 saturated heterocycles. The van der Waals surface area contributed by atoms with Crippen LogP contribution in [-0.2, 0) is 25.2 Å². The van der Waals surface area contributed by atoms with E-state index in [4.69, 9.17) is 18.6 Å². The van der Waals surface area contributed by atoms with Crippen LogP contribution in [0.1, 0.15) is 87.6 Å². The maximum absolute atomic E-state index is 11.4. The lowest BCUT2D eigenvalue weighted by molar-refractivity contribution is -0.109. The van der Waals surface area contributed by atoms with E-state index in [0.717, 1.165) is 12.0 Å². The van der Waals surface area contributed by atoms with Gasteiger partial charge in [0, 0.05) is 31.5 Å². The first-order valence-corrected chi connectivity index (χ1v) is 17.7. The van der Waals surface area contributed by atoms with Crippen molar-refractivity contribution in [2.45, 2.75) is 124 Å². The molecular weight excluding hydrogens is 520 g/mol. The second kappa shape index (κ2) is 18.7. The monoisotopic (exact) mass is 582 g/mol. The molecule has 0 unspecified atom stereocenters. The standard InChI is InChI=1S/C33H62O6Si/c1-23(2)40(24(3)4,25(5)6)39-20-27(8)31(34)18-17-26(7)32(35)29(10)33(28(9)19-37-22-36-11)38-21-30-15-13-12-14-16-30/h12-16,23-29,31-35H,17-22H2,1-11H3/t26-,27+,28-,29+,31+,32-,33-/m0/s1. The molecule has 7 atom stereocenters. The third kappa shape index (κ3) is 11.1. The highest BCUT2D eigenvalue weighted by Gasteiger charge is 2.45. The summed E-state index contributed by atoms with van der Waals surface area (Å²) in [6, 6.07) is 10.1. The molecular formula is C33H62O6Si. The molecule has 40 heavy (non-hydrogen) atoms. The summed E-state index contributed by atoms with van der Waals surface area (Å²) in [5.41, 5.74) is 2.67. The van der Waals surface area contributed by atoms with Gasteiger partial charge in [-0.1, -0.05) is 99.6 Å². The van der Waals surface area contributed by atoms with E-state index in [1.807, 2.05) is 18.2 Å². The number of hydrogen-bond donors (Lipinski definition) is 2. The minimum atomic E-state index is -1.97. The van der Waals surface area contributed by atoms with Crippen molar-refractivity contribution in [2.24, 2.45) is 23.7 Å². The zero-order valence-electron chi connectivity index (χ0n) is 27.4. The number of methoxy groups -OCH3 is 1. The van der Waals surface area contributed by atoms with Crippen molar-refractivity contribution in [1.29, 1.82) is 0 Å². The topological polar surface area (TPSA) is 77.4 Å². The Balaban J connectivity index is 2.77. The van der Waals surface area contributed by atoms with Crippen molar-refractivity contribution in [2.75, 3.05) is 27.1 Å².